The van der Waals surface area contributed by atoms with Crippen molar-refractivity contribution in [2.24, 2.45) is 0 Å². The number of rotatable bonds is 3. The Balaban J connectivity index is 2.07. The Labute approximate surface area is 102 Å². The van der Waals surface area contributed by atoms with E-state index in [4.69, 9.17) is 5.73 Å². The number of nitrogen functional groups attached to an aromatic ring is 1. The minimum Gasteiger partial charge on any atom is -0.383 e. The van der Waals surface area contributed by atoms with Crippen molar-refractivity contribution in [2.45, 2.75) is 18.9 Å². The molecule has 2 aromatic rings. The van der Waals surface area contributed by atoms with Gasteiger partial charge < -0.3 is 11.1 Å². The van der Waals surface area contributed by atoms with E-state index < -0.39 is 4.92 Å². The van der Waals surface area contributed by atoms with E-state index >= 15 is 0 Å². The lowest BCUT2D eigenvalue weighted by atomic mass is 10.2. The summed E-state index contributed by atoms with van der Waals surface area (Å²) in [7, 11) is 0. The zero-order valence-corrected chi connectivity index (χ0v) is 9.46. The number of nitro benzene ring substituents is 1. The van der Waals surface area contributed by atoms with Gasteiger partial charge >= 0.3 is 0 Å². The number of hydrogen-bond acceptors (Lipinski definition) is 6. The highest BCUT2D eigenvalue weighted by atomic mass is 16.6. The van der Waals surface area contributed by atoms with Crippen LogP contribution in [0.3, 0.4) is 0 Å². The highest BCUT2D eigenvalue weighted by Gasteiger charge is 2.22. The average molecular weight is 245 g/mol. The van der Waals surface area contributed by atoms with E-state index in [9.17, 15) is 10.1 Å². The predicted octanol–water partition coefficient (Wildman–Crippen LogP) is 1.69. The van der Waals surface area contributed by atoms with Gasteiger partial charge in [0.15, 0.2) is 0 Å². The van der Waals surface area contributed by atoms with Gasteiger partial charge in [0.05, 0.1) is 10.4 Å². The summed E-state index contributed by atoms with van der Waals surface area (Å²) in [5.74, 6) is 0.739. The summed E-state index contributed by atoms with van der Waals surface area (Å²) in [6, 6.07) is 4.82. The summed E-state index contributed by atoms with van der Waals surface area (Å²) in [5, 5.41) is 14.3. The van der Waals surface area contributed by atoms with Gasteiger partial charge in [0.25, 0.3) is 5.69 Å². The average Bonchev–Trinajstić information content (AvgIpc) is 3.12. The van der Waals surface area contributed by atoms with Gasteiger partial charge in [0.2, 0.25) is 5.95 Å². The summed E-state index contributed by atoms with van der Waals surface area (Å²) in [5.41, 5.74) is 6.40. The van der Waals surface area contributed by atoms with Gasteiger partial charge in [-0.2, -0.15) is 4.98 Å². The smallest absolute Gasteiger partial charge is 0.270 e. The molecule has 1 saturated carbocycles. The lowest BCUT2D eigenvalue weighted by Crippen LogP contribution is -2.07. The molecule has 1 aromatic heterocycles. The third-order valence-corrected chi connectivity index (χ3v) is 2.83. The van der Waals surface area contributed by atoms with E-state index in [2.05, 4.69) is 15.3 Å². The van der Waals surface area contributed by atoms with Gasteiger partial charge in [-0.15, -0.1) is 0 Å². The fourth-order valence-electron chi connectivity index (χ4n) is 1.73. The molecule has 92 valence electrons. The molecule has 0 spiro atoms. The molecule has 3 rings (SSSR count). The quantitative estimate of drug-likeness (QED) is 0.629. The monoisotopic (exact) mass is 245 g/mol. The van der Waals surface area contributed by atoms with Crippen molar-refractivity contribution >= 4 is 28.4 Å². The lowest BCUT2D eigenvalue weighted by molar-refractivity contribution is -0.384. The van der Waals surface area contributed by atoms with Crippen molar-refractivity contribution in [3.8, 4) is 0 Å². The number of anilines is 2. The molecule has 7 nitrogen and oxygen atoms in total. The first-order valence-corrected chi connectivity index (χ1v) is 5.62. The molecule has 1 aromatic carbocycles. The largest absolute Gasteiger partial charge is 0.383 e. The molecular weight excluding hydrogens is 234 g/mol. The normalized spacial score (nSPS) is 14.7. The van der Waals surface area contributed by atoms with Gasteiger partial charge in [-0.25, -0.2) is 4.98 Å². The van der Waals surface area contributed by atoms with Crippen molar-refractivity contribution in [3.63, 3.8) is 0 Å². The highest BCUT2D eigenvalue weighted by molar-refractivity contribution is 5.90. The van der Waals surface area contributed by atoms with Gasteiger partial charge in [0, 0.05) is 23.6 Å². The lowest BCUT2D eigenvalue weighted by Gasteiger charge is -2.06. The first-order chi connectivity index (χ1) is 8.63. The van der Waals surface area contributed by atoms with E-state index in [0.29, 0.717) is 22.9 Å². The summed E-state index contributed by atoms with van der Waals surface area (Å²) in [6.45, 7) is 0. The van der Waals surface area contributed by atoms with E-state index in [0.717, 1.165) is 12.8 Å². The van der Waals surface area contributed by atoms with E-state index in [1.807, 2.05) is 0 Å². The molecule has 1 aliphatic carbocycles. The maximum Gasteiger partial charge on any atom is 0.270 e. The molecule has 3 N–H and O–H groups in total. The van der Waals surface area contributed by atoms with Crippen LogP contribution in [0.25, 0.3) is 10.9 Å². The molecule has 1 fully saturated rings. The van der Waals surface area contributed by atoms with Crippen molar-refractivity contribution in [1.82, 2.24) is 9.97 Å². The maximum atomic E-state index is 10.7. The van der Waals surface area contributed by atoms with Gasteiger partial charge in [0.1, 0.15) is 5.82 Å². The van der Waals surface area contributed by atoms with Crippen LogP contribution in [-0.2, 0) is 0 Å². The number of nitro groups is 1. The number of non-ortho nitro benzene ring substituents is 1. The third-order valence-electron chi connectivity index (χ3n) is 2.83. The fourth-order valence-corrected chi connectivity index (χ4v) is 1.73. The number of hydrogen-bond donors (Lipinski definition) is 2. The minimum atomic E-state index is -0.463. The Morgan fingerprint density at radius 1 is 1.39 bits per heavy atom. The minimum absolute atomic E-state index is 0.0132. The van der Waals surface area contributed by atoms with Crippen LogP contribution < -0.4 is 11.1 Å². The molecule has 0 radical (unpaired) electrons. The SMILES string of the molecule is Nc1nc(NC2CC2)nc2ccc([N+](=O)[O-])cc12. The van der Waals surface area contributed by atoms with Gasteiger partial charge in [-0.1, -0.05) is 0 Å². The molecule has 1 heterocycles. The highest BCUT2D eigenvalue weighted by Crippen LogP contribution is 2.27. The summed E-state index contributed by atoms with van der Waals surface area (Å²) >= 11 is 0. The second-order valence-corrected chi connectivity index (χ2v) is 4.31. The van der Waals surface area contributed by atoms with Crippen LogP contribution in [0, 0.1) is 10.1 Å². The maximum absolute atomic E-state index is 10.7. The van der Waals surface area contributed by atoms with E-state index in [-0.39, 0.29) is 11.5 Å². The van der Waals surface area contributed by atoms with Crippen LogP contribution in [0.5, 0.6) is 0 Å². The molecular formula is C11H11N5O2. The Morgan fingerprint density at radius 3 is 2.83 bits per heavy atom. The standard InChI is InChI=1S/C11H11N5O2/c12-10-8-5-7(16(17)18)3-4-9(8)14-11(15-10)13-6-1-2-6/h3-6H,1-2H2,(H3,12,13,14,15). The second kappa shape index (κ2) is 3.80. The van der Waals surface area contributed by atoms with Crippen molar-refractivity contribution in [2.75, 3.05) is 11.1 Å². The van der Waals surface area contributed by atoms with Crippen molar-refractivity contribution < 1.29 is 4.92 Å². The van der Waals surface area contributed by atoms with Crippen LogP contribution >= 0.6 is 0 Å². The number of fused-ring (bicyclic) bond motifs is 1. The number of nitrogens with two attached hydrogens (primary N) is 1. The number of nitrogens with one attached hydrogen (secondary N) is 1. The van der Waals surface area contributed by atoms with Crippen LogP contribution in [0.15, 0.2) is 18.2 Å². The van der Waals surface area contributed by atoms with Crippen LogP contribution in [0.4, 0.5) is 17.5 Å². The fraction of sp³-hybridized carbons (Fsp3) is 0.273. The molecule has 18 heavy (non-hydrogen) atoms. The Bertz CT molecular complexity index is 639. The zero-order chi connectivity index (χ0) is 12.7. The Kier molecular flexibility index (Phi) is 2.26. The molecule has 0 saturated heterocycles. The molecule has 0 atom stereocenters. The molecule has 0 aliphatic heterocycles. The topological polar surface area (TPSA) is 107 Å². The van der Waals surface area contributed by atoms with Gasteiger partial charge in [-0.05, 0) is 18.9 Å². The van der Waals surface area contributed by atoms with Crippen molar-refractivity contribution in [3.05, 3.63) is 28.3 Å². The third kappa shape index (κ3) is 1.90. The molecule has 0 amide bonds. The molecule has 0 unspecified atom stereocenters. The van der Waals surface area contributed by atoms with E-state index in [1.54, 1.807) is 6.07 Å². The summed E-state index contributed by atoms with van der Waals surface area (Å²) in [4.78, 5) is 18.6. The first kappa shape index (κ1) is 10.7. The summed E-state index contributed by atoms with van der Waals surface area (Å²) < 4.78 is 0. The molecule has 7 heteroatoms. The summed E-state index contributed by atoms with van der Waals surface area (Å²) in [6.07, 6.45) is 2.23. The Morgan fingerprint density at radius 2 is 2.17 bits per heavy atom. The second-order valence-electron chi connectivity index (χ2n) is 4.31. The van der Waals surface area contributed by atoms with E-state index in [1.165, 1.54) is 12.1 Å². The molecule has 0 bridgehead atoms. The zero-order valence-electron chi connectivity index (χ0n) is 9.46. The van der Waals surface area contributed by atoms with Crippen LogP contribution in [-0.4, -0.2) is 20.9 Å². The van der Waals surface area contributed by atoms with Crippen molar-refractivity contribution in [1.29, 1.82) is 0 Å². The number of nitrogens with zero attached hydrogens (tertiary/aromatic N) is 3. The Hall–Kier alpha value is -2.44. The number of benzene rings is 1. The predicted molar refractivity (Wildman–Crippen MR) is 67.2 cm³/mol. The first-order valence-electron chi connectivity index (χ1n) is 5.62. The number of aromatic nitrogens is 2. The van der Waals surface area contributed by atoms with Crippen LogP contribution in [0.2, 0.25) is 0 Å². The molecule has 1 aliphatic rings. The van der Waals surface area contributed by atoms with Crippen LogP contribution in [0.1, 0.15) is 12.8 Å². The van der Waals surface area contributed by atoms with Gasteiger partial charge in [-0.3, -0.25) is 10.1 Å².